The van der Waals surface area contributed by atoms with Crippen LogP contribution in [0.25, 0.3) is 0 Å². The minimum absolute atomic E-state index is 0.483. The lowest BCUT2D eigenvalue weighted by atomic mass is 9.92. The molecule has 0 saturated carbocycles. The van der Waals surface area contributed by atoms with Crippen LogP contribution in [-0.4, -0.2) is 22.8 Å². The van der Waals surface area contributed by atoms with Crippen LogP contribution in [0.3, 0.4) is 0 Å². The third-order valence-corrected chi connectivity index (χ3v) is 3.32. The lowest BCUT2D eigenvalue weighted by Crippen LogP contribution is -2.51. The zero-order chi connectivity index (χ0) is 15.6. The van der Waals surface area contributed by atoms with Crippen LogP contribution in [0.2, 0.25) is 0 Å². The molecule has 1 rings (SSSR count). The van der Waals surface area contributed by atoms with Crippen molar-refractivity contribution in [3.05, 3.63) is 33.4 Å². The molecule has 110 valence electrons. The summed E-state index contributed by atoms with van der Waals surface area (Å²) in [7, 11) is 0. The van der Waals surface area contributed by atoms with Gasteiger partial charge in [0.15, 0.2) is 5.54 Å². The number of hydrogen-bond donors (Lipinski definition) is 2. The van der Waals surface area contributed by atoms with Crippen molar-refractivity contribution in [2.24, 2.45) is 0 Å². The predicted molar refractivity (Wildman–Crippen MR) is 83.5 cm³/mol. The van der Waals surface area contributed by atoms with Crippen LogP contribution in [0.4, 0.5) is 4.79 Å². The standard InChI is InChI=1S/C14H18INO4/c1-13(2,3)20-12(19)16-14(4,11(17)18)9-5-7-10(15)8-6-9/h5-8H,1-4H3,(H,16,19)(H,17,18). The van der Waals surface area contributed by atoms with Crippen molar-refractivity contribution in [2.45, 2.75) is 38.8 Å². The summed E-state index contributed by atoms with van der Waals surface area (Å²) in [6.07, 6.45) is -0.763. The number of carboxylic acid groups (broad SMARTS) is 1. The van der Waals surface area contributed by atoms with Crippen molar-refractivity contribution in [1.29, 1.82) is 0 Å². The molecule has 0 aromatic heterocycles. The Morgan fingerprint density at radius 1 is 1.15 bits per heavy atom. The van der Waals surface area contributed by atoms with E-state index in [2.05, 4.69) is 27.9 Å². The van der Waals surface area contributed by atoms with E-state index in [1.165, 1.54) is 6.92 Å². The molecule has 1 aromatic carbocycles. The van der Waals surface area contributed by atoms with E-state index in [1.54, 1.807) is 45.0 Å². The van der Waals surface area contributed by atoms with Crippen molar-refractivity contribution in [3.63, 3.8) is 0 Å². The monoisotopic (exact) mass is 391 g/mol. The summed E-state index contributed by atoms with van der Waals surface area (Å²) in [5.41, 5.74) is -1.74. The Morgan fingerprint density at radius 2 is 1.65 bits per heavy atom. The van der Waals surface area contributed by atoms with Crippen LogP contribution in [0.1, 0.15) is 33.3 Å². The van der Waals surface area contributed by atoms with Gasteiger partial charge in [0.05, 0.1) is 0 Å². The van der Waals surface area contributed by atoms with Crippen LogP contribution < -0.4 is 5.32 Å². The number of halogens is 1. The highest BCUT2D eigenvalue weighted by Crippen LogP contribution is 2.23. The van der Waals surface area contributed by atoms with E-state index >= 15 is 0 Å². The molecule has 0 aliphatic carbocycles. The van der Waals surface area contributed by atoms with Gasteiger partial charge in [0.25, 0.3) is 0 Å². The average molecular weight is 391 g/mol. The van der Waals surface area contributed by atoms with Crippen LogP contribution >= 0.6 is 22.6 Å². The maximum Gasteiger partial charge on any atom is 0.408 e. The first-order valence-electron chi connectivity index (χ1n) is 6.05. The first kappa shape index (κ1) is 16.7. The van der Waals surface area contributed by atoms with Crippen LogP contribution in [0.15, 0.2) is 24.3 Å². The highest BCUT2D eigenvalue weighted by Gasteiger charge is 2.38. The lowest BCUT2D eigenvalue weighted by Gasteiger charge is -2.28. The lowest BCUT2D eigenvalue weighted by molar-refractivity contribution is -0.144. The van der Waals surface area contributed by atoms with Gasteiger partial charge in [-0.25, -0.2) is 9.59 Å². The van der Waals surface area contributed by atoms with Crippen LogP contribution in [-0.2, 0) is 15.1 Å². The summed E-state index contributed by atoms with van der Waals surface area (Å²) < 4.78 is 6.10. The highest BCUT2D eigenvalue weighted by molar-refractivity contribution is 14.1. The number of alkyl carbamates (subject to hydrolysis) is 1. The Morgan fingerprint density at radius 3 is 2.05 bits per heavy atom. The molecule has 1 amide bonds. The van der Waals surface area contributed by atoms with E-state index in [4.69, 9.17) is 4.74 Å². The largest absolute Gasteiger partial charge is 0.479 e. The molecule has 0 saturated heterocycles. The number of hydrogen-bond acceptors (Lipinski definition) is 3. The molecule has 0 heterocycles. The summed E-state index contributed by atoms with van der Waals surface area (Å²) in [6, 6.07) is 6.92. The number of rotatable bonds is 3. The fourth-order valence-corrected chi connectivity index (χ4v) is 1.90. The molecular weight excluding hydrogens is 373 g/mol. The summed E-state index contributed by atoms with van der Waals surface area (Å²) in [5, 5.41) is 11.9. The second-order valence-electron chi connectivity index (χ2n) is 5.56. The first-order chi connectivity index (χ1) is 9.04. The van der Waals surface area contributed by atoms with Crippen LogP contribution in [0, 0.1) is 3.57 Å². The van der Waals surface area contributed by atoms with Gasteiger partial charge >= 0.3 is 12.1 Å². The zero-order valence-electron chi connectivity index (χ0n) is 11.9. The van der Waals surface area contributed by atoms with Gasteiger partial charge in [-0.15, -0.1) is 0 Å². The number of ether oxygens (including phenoxy) is 1. The van der Waals surface area contributed by atoms with Gasteiger partial charge in [-0.3, -0.25) is 0 Å². The molecule has 0 radical (unpaired) electrons. The fraction of sp³-hybridized carbons (Fsp3) is 0.429. The summed E-state index contributed by atoms with van der Waals surface area (Å²) >= 11 is 2.13. The molecular formula is C14H18INO4. The molecule has 2 N–H and O–H groups in total. The number of carbonyl (C=O) groups excluding carboxylic acids is 1. The van der Waals surface area contributed by atoms with Gasteiger partial charge < -0.3 is 15.2 Å². The Balaban J connectivity index is 3.01. The van der Waals surface area contributed by atoms with Gasteiger partial charge in [-0.1, -0.05) is 12.1 Å². The molecule has 1 aromatic rings. The molecule has 0 fully saturated rings. The number of carbonyl (C=O) groups is 2. The number of amides is 1. The molecule has 20 heavy (non-hydrogen) atoms. The maximum absolute atomic E-state index is 11.8. The molecule has 0 bridgehead atoms. The molecule has 0 aliphatic rings. The SMILES string of the molecule is CC(C)(C)OC(=O)NC(C)(C(=O)O)c1ccc(I)cc1. The molecule has 6 heteroatoms. The molecule has 5 nitrogen and oxygen atoms in total. The number of carboxylic acids is 1. The fourth-order valence-electron chi connectivity index (χ4n) is 1.54. The zero-order valence-corrected chi connectivity index (χ0v) is 14.0. The van der Waals surface area contributed by atoms with E-state index in [0.29, 0.717) is 5.56 Å². The summed E-state index contributed by atoms with van der Waals surface area (Å²) in [6.45, 7) is 6.59. The average Bonchev–Trinajstić information content (AvgIpc) is 2.26. The predicted octanol–water partition coefficient (Wildman–Crippen LogP) is 3.12. The van der Waals surface area contributed by atoms with Gasteiger partial charge in [0.1, 0.15) is 5.60 Å². The Kier molecular flexibility index (Phi) is 5.01. The van der Waals surface area contributed by atoms with Crippen molar-refractivity contribution in [3.8, 4) is 0 Å². The van der Waals surface area contributed by atoms with E-state index in [0.717, 1.165) is 3.57 Å². The van der Waals surface area contributed by atoms with Crippen molar-refractivity contribution < 1.29 is 19.4 Å². The Labute approximate surface area is 131 Å². The van der Waals surface area contributed by atoms with Gasteiger partial charge in [0, 0.05) is 3.57 Å². The second kappa shape index (κ2) is 5.99. The third kappa shape index (κ3) is 4.36. The van der Waals surface area contributed by atoms with Gasteiger partial charge in [-0.2, -0.15) is 0 Å². The molecule has 0 spiro atoms. The van der Waals surface area contributed by atoms with Crippen molar-refractivity contribution in [2.75, 3.05) is 0 Å². The van der Waals surface area contributed by atoms with E-state index < -0.39 is 23.2 Å². The number of benzene rings is 1. The smallest absolute Gasteiger partial charge is 0.408 e. The molecule has 0 aliphatic heterocycles. The first-order valence-corrected chi connectivity index (χ1v) is 7.13. The van der Waals surface area contributed by atoms with E-state index in [9.17, 15) is 14.7 Å². The Hall–Kier alpha value is -1.31. The van der Waals surface area contributed by atoms with E-state index in [1.807, 2.05) is 0 Å². The minimum Gasteiger partial charge on any atom is -0.479 e. The summed E-state index contributed by atoms with van der Waals surface area (Å²) in [5.74, 6) is -1.15. The van der Waals surface area contributed by atoms with E-state index in [-0.39, 0.29) is 0 Å². The minimum atomic E-state index is -1.54. The van der Waals surface area contributed by atoms with Crippen molar-refractivity contribution >= 4 is 34.7 Å². The second-order valence-corrected chi connectivity index (χ2v) is 6.81. The number of aliphatic carboxylic acids is 1. The third-order valence-electron chi connectivity index (χ3n) is 2.60. The molecule has 1 atom stereocenters. The molecule has 1 unspecified atom stereocenters. The van der Waals surface area contributed by atoms with Gasteiger partial charge in [0.2, 0.25) is 0 Å². The normalized spacial score (nSPS) is 14.2. The maximum atomic E-state index is 11.8. The van der Waals surface area contributed by atoms with Crippen molar-refractivity contribution in [1.82, 2.24) is 5.32 Å². The number of nitrogens with one attached hydrogen (secondary N) is 1. The van der Waals surface area contributed by atoms with Gasteiger partial charge in [-0.05, 0) is 68.0 Å². The summed E-state index contributed by atoms with van der Waals surface area (Å²) in [4.78, 5) is 23.4. The highest BCUT2D eigenvalue weighted by atomic mass is 127. The topological polar surface area (TPSA) is 75.6 Å². The van der Waals surface area contributed by atoms with Crippen LogP contribution in [0.5, 0.6) is 0 Å². The quantitative estimate of drug-likeness (QED) is 0.777. The Bertz CT molecular complexity index is 507.